The van der Waals surface area contributed by atoms with Gasteiger partial charge < -0.3 is 5.11 Å². The molecular weight excluding hydrogens is 178 g/mol. The number of aromatic carboxylic acids is 1. The molecule has 0 aliphatic heterocycles. The number of carboxylic acid groups (broad SMARTS) is 1. The molecule has 0 radical (unpaired) electrons. The fourth-order valence-corrected chi connectivity index (χ4v) is 1.35. The van der Waals surface area contributed by atoms with Gasteiger partial charge in [-0.1, -0.05) is 12.1 Å². The average molecular weight is 187 g/mol. The molecule has 1 aromatic carbocycles. The Balaban J connectivity index is 2.69. The highest BCUT2D eigenvalue weighted by Gasteiger charge is 2.03. The molecule has 0 aliphatic rings. The van der Waals surface area contributed by atoms with Crippen LogP contribution in [0.4, 0.5) is 0 Å². The SMILES string of the molecule is Cc1ccc2ccc(C(=O)O)cc2n1. The molecule has 1 N–H and O–H groups in total. The number of carboxylic acids is 1. The molecule has 0 unspecified atom stereocenters. The lowest BCUT2D eigenvalue weighted by molar-refractivity contribution is 0.0697. The van der Waals surface area contributed by atoms with Crippen molar-refractivity contribution < 1.29 is 9.90 Å². The number of aryl methyl sites for hydroxylation is 1. The van der Waals surface area contributed by atoms with Crippen LogP contribution in [-0.4, -0.2) is 16.1 Å². The quantitative estimate of drug-likeness (QED) is 0.744. The summed E-state index contributed by atoms with van der Waals surface area (Å²) in [4.78, 5) is 15.0. The maximum atomic E-state index is 10.7. The molecule has 3 heteroatoms. The van der Waals surface area contributed by atoms with Gasteiger partial charge in [0.15, 0.2) is 0 Å². The topological polar surface area (TPSA) is 50.2 Å². The Kier molecular flexibility index (Phi) is 1.93. The van der Waals surface area contributed by atoms with Gasteiger partial charge in [0.05, 0.1) is 11.1 Å². The van der Waals surface area contributed by atoms with Crippen LogP contribution in [0.2, 0.25) is 0 Å². The van der Waals surface area contributed by atoms with E-state index in [0.717, 1.165) is 16.6 Å². The molecular formula is C11H9NO2. The number of rotatable bonds is 1. The van der Waals surface area contributed by atoms with E-state index in [1.807, 2.05) is 19.1 Å². The van der Waals surface area contributed by atoms with E-state index in [1.54, 1.807) is 18.2 Å². The van der Waals surface area contributed by atoms with Gasteiger partial charge in [-0.25, -0.2) is 4.79 Å². The van der Waals surface area contributed by atoms with Crippen LogP contribution in [0.15, 0.2) is 30.3 Å². The lowest BCUT2D eigenvalue weighted by atomic mass is 10.1. The summed E-state index contributed by atoms with van der Waals surface area (Å²) >= 11 is 0. The maximum Gasteiger partial charge on any atom is 0.335 e. The van der Waals surface area contributed by atoms with Crippen LogP contribution in [0.25, 0.3) is 10.9 Å². The first-order chi connectivity index (χ1) is 6.66. The van der Waals surface area contributed by atoms with Crippen LogP contribution in [0.5, 0.6) is 0 Å². The van der Waals surface area contributed by atoms with E-state index in [4.69, 9.17) is 5.11 Å². The number of hydrogen-bond donors (Lipinski definition) is 1. The van der Waals surface area contributed by atoms with Crippen molar-refractivity contribution in [2.24, 2.45) is 0 Å². The third-order valence-corrected chi connectivity index (χ3v) is 2.08. The molecule has 0 saturated carbocycles. The Labute approximate surface area is 81.0 Å². The Morgan fingerprint density at radius 2 is 2.00 bits per heavy atom. The normalized spacial score (nSPS) is 10.4. The van der Waals surface area contributed by atoms with Crippen LogP contribution >= 0.6 is 0 Å². The fourth-order valence-electron chi connectivity index (χ4n) is 1.35. The molecule has 2 aromatic rings. The van der Waals surface area contributed by atoms with Gasteiger partial charge >= 0.3 is 5.97 Å². The second-order valence-corrected chi connectivity index (χ2v) is 3.17. The summed E-state index contributed by atoms with van der Waals surface area (Å²) in [5.74, 6) is -0.921. The Hall–Kier alpha value is -1.90. The molecule has 0 spiro atoms. The van der Waals surface area contributed by atoms with Crippen molar-refractivity contribution in [2.75, 3.05) is 0 Å². The third-order valence-electron chi connectivity index (χ3n) is 2.08. The van der Waals surface area contributed by atoms with Crippen LogP contribution in [0.3, 0.4) is 0 Å². The molecule has 14 heavy (non-hydrogen) atoms. The Bertz CT molecular complexity index is 506. The molecule has 0 aliphatic carbocycles. The Morgan fingerprint density at radius 3 is 2.71 bits per heavy atom. The minimum Gasteiger partial charge on any atom is -0.478 e. The number of hydrogen-bond acceptors (Lipinski definition) is 2. The number of fused-ring (bicyclic) bond motifs is 1. The highest BCUT2D eigenvalue weighted by Crippen LogP contribution is 2.14. The average Bonchev–Trinajstić information content (AvgIpc) is 2.16. The first-order valence-corrected chi connectivity index (χ1v) is 4.27. The van der Waals surface area contributed by atoms with Crippen molar-refractivity contribution in [1.29, 1.82) is 0 Å². The molecule has 1 aromatic heterocycles. The predicted molar refractivity (Wildman–Crippen MR) is 53.4 cm³/mol. The van der Waals surface area contributed by atoms with Crippen molar-refractivity contribution in [2.45, 2.75) is 6.92 Å². The van der Waals surface area contributed by atoms with E-state index in [9.17, 15) is 4.79 Å². The summed E-state index contributed by atoms with van der Waals surface area (Å²) in [7, 11) is 0. The van der Waals surface area contributed by atoms with E-state index in [1.165, 1.54) is 0 Å². The largest absolute Gasteiger partial charge is 0.478 e. The summed E-state index contributed by atoms with van der Waals surface area (Å²) < 4.78 is 0. The highest BCUT2D eigenvalue weighted by atomic mass is 16.4. The maximum absolute atomic E-state index is 10.7. The minimum absolute atomic E-state index is 0.274. The zero-order chi connectivity index (χ0) is 10.1. The number of benzene rings is 1. The summed E-state index contributed by atoms with van der Waals surface area (Å²) in [5.41, 5.74) is 1.89. The summed E-state index contributed by atoms with van der Waals surface area (Å²) in [6.07, 6.45) is 0. The number of aromatic nitrogens is 1. The molecule has 0 amide bonds. The van der Waals surface area contributed by atoms with E-state index >= 15 is 0 Å². The van der Waals surface area contributed by atoms with Gasteiger partial charge in [0.1, 0.15) is 0 Å². The van der Waals surface area contributed by atoms with Gasteiger partial charge in [-0.15, -0.1) is 0 Å². The van der Waals surface area contributed by atoms with Crippen molar-refractivity contribution in [3.63, 3.8) is 0 Å². The van der Waals surface area contributed by atoms with Crippen molar-refractivity contribution in [3.8, 4) is 0 Å². The zero-order valence-electron chi connectivity index (χ0n) is 7.69. The lowest BCUT2D eigenvalue weighted by Gasteiger charge is -1.99. The first kappa shape index (κ1) is 8.69. The monoisotopic (exact) mass is 187 g/mol. The summed E-state index contributed by atoms with van der Waals surface area (Å²) in [5, 5.41) is 9.74. The lowest BCUT2D eigenvalue weighted by Crippen LogP contribution is -1.96. The second kappa shape index (κ2) is 3.10. The molecule has 3 nitrogen and oxygen atoms in total. The Morgan fingerprint density at radius 1 is 1.29 bits per heavy atom. The molecule has 0 atom stereocenters. The van der Waals surface area contributed by atoms with E-state index in [0.29, 0.717) is 0 Å². The van der Waals surface area contributed by atoms with Crippen LogP contribution in [0, 0.1) is 6.92 Å². The first-order valence-electron chi connectivity index (χ1n) is 4.27. The highest BCUT2D eigenvalue weighted by molar-refractivity contribution is 5.93. The van der Waals surface area contributed by atoms with E-state index in [2.05, 4.69) is 4.98 Å². The molecule has 2 rings (SSSR count). The summed E-state index contributed by atoms with van der Waals surface area (Å²) in [6, 6.07) is 8.78. The van der Waals surface area contributed by atoms with E-state index in [-0.39, 0.29) is 5.56 Å². The third kappa shape index (κ3) is 1.44. The van der Waals surface area contributed by atoms with Crippen LogP contribution < -0.4 is 0 Å². The van der Waals surface area contributed by atoms with Crippen LogP contribution in [-0.2, 0) is 0 Å². The molecule has 0 fully saturated rings. The van der Waals surface area contributed by atoms with Crippen molar-refractivity contribution in [1.82, 2.24) is 4.98 Å². The molecule has 1 heterocycles. The standard InChI is InChI=1S/C11H9NO2/c1-7-2-3-8-4-5-9(11(13)14)6-10(8)12-7/h2-6H,1H3,(H,13,14). The number of pyridine rings is 1. The van der Waals surface area contributed by atoms with Crippen LogP contribution in [0.1, 0.15) is 16.1 Å². The predicted octanol–water partition coefficient (Wildman–Crippen LogP) is 2.24. The second-order valence-electron chi connectivity index (χ2n) is 3.17. The van der Waals surface area contributed by atoms with Gasteiger partial charge in [0.2, 0.25) is 0 Å². The van der Waals surface area contributed by atoms with Crippen molar-refractivity contribution in [3.05, 3.63) is 41.6 Å². The van der Waals surface area contributed by atoms with E-state index < -0.39 is 5.97 Å². The molecule has 0 bridgehead atoms. The van der Waals surface area contributed by atoms with Gasteiger partial charge in [0, 0.05) is 11.1 Å². The zero-order valence-corrected chi connectivity index (χ0v) is 7.69. The van der Waals surface area contributed by atoms with Gasteiger partial charge in [0.25, 0.3) is 0 Å². The van der Waals surface area contributed by atoms with Gasteiger partial charge in [-0.05, 0) is 25.1 Å². The number of nitrogens with zero attached hydrogens (tertiary/aromatic N) is 1. The smallest absolute Gasteiger partial charge is 0.335 e. The minimum atomic E-state index is -0.921. The van der Waals surface area contributed by atoms with Gasteiger partial charge in [-0.3, -0.25) is 4.98 Å². The summed E-state index contributed by atoms with van der Waals surface area (Å²) in [6.45, 7) is 1.88. The fraction of sp³-hybridized carbons (Fsp3) is 0.0909. The number of carbonyl (C=O) groups is 1. The molecule has 70 valence electrons. The molecule has 0 saturated heterocycles. The van der Waals surface area contributed by atoms with Gasteiger partial charge in [-0.2, -0.15) is 0 Å². The van der Waals surface area contributed by atoms with Crippen molar-refractivity contribution >= 4 is 16.9 Å².